The number of carbonyl (C=O) groups is 1. The van der Waals surface area contributed by atoms with Crippen LogP contribution in [0.15, 0.2) is 48.5 Å². The van der Waals surface area contributed by atoms with Gasteiger partial charge in [0.25, 0.3) is 0 Å². The molecular weight excluding hydrogens is 383 g/mol. The lowest BCUT2D eigenvalue weighted by Gasteiger charge is -2.28. The van der Waals surface area contributed by atoms with Gasteiger partial charge in [0, 0.05) is 31.0 Å². The van der Waals surface area contributed by atoms with Crippen molar-refractivity contribution >= 4 is 17.3 Å². The number of benzene rings is 2. The summed E-state index contributed by atoms with van der Waals surface area (Å²) >= 11 is 0. The minimum atomic E-state index is -4.38. The van der Waals surface area contributed by atoms with Crippen LogP contribution >= 0.6 is 0 Å². The van der Waals surface area contributed by atoms with Crippen molar-refractivity contribution in [1.29, 1.82) is 0 Å². The largest absolute Gasteiger partial charge is 0.416 e. The molecule has 1 saturated heterocycles. The molecule has 5 nitrogen and oxygen atoms in total. The summed E-state index contributed by atoms with van der Waals surface area (Å²) in [5, 5.41) is 2.82. The van der Waals surface area contributed by atoms with Crippen LogP contribution in [0.3, 0.4) is 0 Å². The van der Waals surface area contributed by atoms with Gasteiger partial charge in [0.1, 0.15) is 0 Å². The Morgan fingerprint density at radius 2 is 1.83 bits per heavy atom. The van der Waals surface area contributed by atoms with Crippen LogP contribution in [-0.2, 0) is 22.3 Å². The number of nitrogens with zero attached hydrogens (tertiary/aromatic N) is 2. The number of hydrogen-bond acceptors (Lipinski definition) is 4. The summed E-state index contributed by atoms with van der Waals surface area (Å²) in [6.07, 6.45) is -4.38. The second kappa shape index (κ2) is 9.28. The number of amides is 1. The zero-order valence-corrected chi connectivity index (χ0v) is 16.2. The lowest BCUT2D eigenvalue weighted by Crippen LogP contribution is -2.36. The number of likely N-dealkylation sites (N-methyl/N-ethyl adjacent to an activating group) is 1. The number of nitrogens with one attached hydrogen (secondary N) is 1. The van der Waals surface area contributed by atoms with E-state index < -0.39 is 11.7 Å². The summed E-state index contributed by atoms with van der Waals surface area (Å²) in [5.74, 6) is -0.224. The van der Waals surface area contributed by atoms with E-state index in [2.05, 4.69) is 10.2 Å². The van der Waals surface area contributed by atoms with Crippen LogP contribution in [-0.4, -0.2) is 50.7 Å². The maximum Gasteiger partial charge on any atom is 0.416 e. The van der Waals surface area contributed by atoms with E-state index in [-0.39, 0.29) is 19.0 Å². The van der Waals surface area contributed by atoms with E-state index >= 15 is 0 Å². The SMILES string of the molecule is CN(CC(=O)Nc1ccc(N2CCOCC2)cc1)Cc1cccc(C(F)(F)F)c1. The third-order valence-electron chi connectivity index (χ3n) is 4.65. The summed E-state index contributed by atoms with van der Waals surface area (Å²) in [7, 11) is 1.70. The molecule has 1 heterocycles. The number of halogens is 3. The highest BCUT2D eigenvalue weighted by Crippen LogP contribution is 2.29. The monoisotopic (exact) mass is 407 g/mol. The van der Waals surface area contributed by atoms with Crippen molar-refractivity contribution in [2.75, 3.05) is 50.1 Å². The average molecular weight is 407 g/mol. The van der Waals surface area contributed by atoms with Crippen molar-refractivity contribution in [2.24, 2.45) is 0 Å². The zero-order valence-electron chi connectivity index (χ0n) is 16.2. The van der Waals surface area contributed by atoms with Crippen molar-refractivity contribution in [1.82, 2.24) is 4.90 Å². The maximum atomic E-state index is 12.8. The van der Waals surface area contributed by atoms with E-state index in [4.69, 9.17) is 4.74 Å². The molecule has 2 aromatic carbocycles. The zero-order chi connectivity index (χ0) is 20.9. The van der Waals surface area contributed by atoms with Gasteiger partial charge in [-0.15, -0.1) is 0 Å². The van der Waals surface area contributed by atoms with Gasteiger partial charge in [-0.05, 0) is 42.9 Å². The standard InChI is InChI=1S/C21H24F3N3O2/c1-26(14-16-3-2-4-17(13-16)21(22,23)24)15-20(28)25-18-5-7-19(8-6-18)27-9-11-29-12-10-27/h2-8,13H,9-12,14-15H2,1H3,(H,25,28). The first-order valence-corrected chi connectivity index (χ1v) is 9.38. The highest BCUT2D eigenvalue weighted by atomic mass is 19.4. The third-order valence-corrected chi connectivity index (χ3v) is 4.65. The number of carbonyl (C=O) groups excluding carboxylic acids is 1. The van der Waals surface area contributed by atoms with Crippen LogP contribution < -0.4 is 10.2 Å². The molecule has 0 spiro atoms. The fourth-order valence-corrected chi connectivity index (χ4v) is 3.24. The topological polar surface area (TPSA) is 44.8 Å². The minimum absolute atomic E-state index is 0.0709. The van der Waals surface area contributed by atoms with Crippen molar-refractivity contribution in [3.63, 3.8) is 0 Å². The number of anilines is 2. The Labute approximate surface area is 168 Å². The molecule has 0 atom stereocenters. The molecule has 2 aromatic rings. The summed E-state index contributed by atoms with van der Waals surface area (Å²) in [6.45, 7) is 3.40. The van der Waals surface area contributed by atoms with Crippen molar-refractivity contribution in [3.8, 4) is 0 Å². The Balaban J connectivity index is 1.51. The molecule has 3 rings (SSSR count). The van der Waals surface area contributed by atoms with Gasteiger partial charge in [-0.25, -0.2) is 0 Å². The molecule has 29 heavy (non-hydrogen) atoms. The summed E-state index contributed by atoms with van der Waals surface area (Å²) < 4.78 is 43.8. The van der Waals surface area contributed by atoms with Gasteiger partial charge in [0.15, 0.2) is 0 Å². The highest BCUT2D eigenvalue weighted by Gasteiger charge is 2.30. The lowest BCUT2D eigenvalue weighted by atomic mass is 10.1. The molecule has 1 aliphatic heterocycles. The number of ether oxygens (including phenoxy) is 1. The normalized spacial score (nSPS) is 14.9. The van der Waals surface area contributed by atoms with E-state index in [0.29, 0.717) is 24.5 Å². The Kier molecular flexibility index (Phi) is 6.76. The Morgan fingerprint density at radius 3 is 2.48 bits per heavy atom. The van der Waals surface area contributed by atoms with Crippen LogP contribution in [0.2, 0.25) is 0 Å². The molecule has 0 unspecified atom stereocenters. The van der Waals surface area contributed by atoms with Crippen LogP contribution in [0.5, 0.6) is 0 Å². The molecule has 0 saturated carbocycles. The van der Waals surface area contributed by atoms with Gasteiger partial charge in [-0.1, -0.05) is 18.2 Å². The molecular formula is C21H24F3N3O2. The van der Waals surface area contributed by atoms with E-state index in [0.717, 1.165) is 30.9 Å². The molecule has 0 aromatic heterocycles. The Bertz CT molecular complexity index is 819. The predicted molar refractivity (Wildman–Crippen MR) is 106 cm³/mol. The Morgan fingerprint density at radius 1 is 1.14 bits per heavy atom. The predicted octanol–water partition coefficient (Wildman–Crippen LogP) is 3.61. The highest BCUT2D eigenvalue weighted by molar-refractivity contribution is 5.92. The molecule has 156 valence electrons. The summed E-state index contributed by atoms with van der Waals surface area (Å²) in [4.78, 5) is 16.2. The fourth-order valence-electron chi connectivity index (χ4n) is 3.24. The van der Waals surface area contributed by atoms with Crippen LogP contribution in [0.4, 0.5) is 24.5 Å². The van der Waals surface area contributed by atoms with Gasteiger partial charge in [-0.2, -0.15) is 13.2 Å². The number of hydrogen-bond donors (Lipinski definition) is 1. The van der Waals surface area contributed by atoms with Crippen molar-refractivity contribution < 1.29 is 22.7 Å². The second-order valence-corrected chi connectivity index (χ2v) is 7.06. The first-order chi connectivity index (χ1) is 13.8. The third kappa shape index (κ3) is 6.20. The van der Waals surface area contributed by atoms with Crippen molar-refractivity contribution in [3.05, 3.63) is 59.7 Å². The molecule has 1 aliphatic rings. The number of alkyl halides is 3. The first-order valence-electron chi connectivity index (χ1n) is 9.38. The van der Waals surface area contributed by atoms with E-state index in [1.165, 1.54) is 6.07 Å². The number of rotatable bonds is 6. The second-order valence-electron chi connectivity index (χ2n) is 7.06. The average Bonchev–Trinajstić information content (AvgIpc) is 2.68. The molecule has 0 aliphatic carbocycles. The van der Waals surface area contributed by atoms with Gasteiger partial charge in [-0.3, -0.25) is 9.69 Å². The Hall–Kier alpha value is -2.58. The molecule has 1 amide bonds. The van der Waals surface area contributed by atoms with Gasteiger partial charge in [0.2, 0.25) is 5.91 Å². The molecule has 0 bridgehead atoms. The van der Waals surface area contributed by atoms with Gasteiger partial charge < -0.3 is 15.0 Å². The fraction of sp³-hybridized carbons (Fsp3) is 0.381. The summed E-state index contributed by atoms with van der Waals surface area (Å²) in [5.41, 5.74) is 1.57. The molecule has 1 fully saturated rings. The van der Waals surface area contributed by atoms with E-state index in [1.54, 1.807) is 18.0 Å². The van der Waals surface area contributed by atoms with Gasteiger partial charge in [0.05, 0.1) is 25.3 Å². The van der Waals surface area contributed by atoms with Crippen LogP contribution in [0.25, 0.3) is 0 Å². The molecule has 0 radical (unpaired) electrons. The van der Waals surface area contributed by atoms with E-state index in [9.17, 15) is 18.0 Å². The minimum Gasteiger partial charge on any atom is -0.378 e. The lowest BCUT2D eigenvalue weighted by molar-refractivity contribution is -0.137. The maximum absolute atomic E-state index is 12.8. The quantitative estimate of drug-likeness (QED) is 0.795. The summed E-state index contributed by atoms with van der Waals surface area (Å²) in [6, 6.07) is 12.7. The first kappa shape index (κ1) is 21.1. The molecule has 8 heteroatoms. The number of morpholine rings is 1. The van der Waals surface area contributed by atoms with E-state index in [1.807, 2.05) is 24.3 Å². The van der Waals surface area contributed by atoms with Crippen molar-refractivity contribution in [2.45, 2.75) is 12.7 Å². The smallest absolute Gasteiger partial charge is 0.378 e. The van der Waals surface area contributed by atoms with Gasteiger partial charge >= 0.3 is 6.18 Å². The molecule has 1 N–H and O–H groups in total. The van der Waals surface area contributed by atoms with Crippen LogP contribution in [0.1, 0.15) is 11.1 Å². The van der Waals surface area contributed by atoms with Crippen LogP contribution in [0, 0.1) is 0 Å².